The lowest BCUT2D eigenvalue weighted by molar-refractivity contribution is -0.129. The topological polar surface area (TPSA) is 37.4 Å². The largest absolute Gasteiger partial charge is 0.334 e. The molecular weight excluding hydrogens is 178 g/mol. The van der Waals surface area contributed by atoms with Crippen molar-refractivity contribution in [2.75, 3.05) is 13.1 Å². The minimum absolute atomic E-state index is 0.0104. The number of carbonyl (C=O) groups is 2. The van der Waals surface area contributed by atoms with Crippen LogP contribution in [0.5, 0.6) is 0 Å². The smallest absolute Gasteiger partial charge is 0.230 e. The maximum absolute atomic E-state index is 11.4. The number of nitrogens with zero attached hydrogens (tertiary/aromatic N) is 1. The van der Waals surface area contributed by atoms with Crippen molar-refractivity contribution >= 4 is 11.7 Å². The summed E-state index contributed by atoms with van der Waals surface area (Å²) in [5, 5.41) is 0. The Morgan fingerprint density at radius 1 is 1.36 bits per heavy atom. The third kappa shape index (κ3) is 2.34. The van der Waals surface area contributed by atoms with Crippen molar-refractivity contribution in [1.29, 1.82) is 0 Å². The van der Waals surface area contributed by atoms with E-state index < -0.39 is 0 Å². The van der Waals surface area contributed by atoms with Gasteiger partial charge in [-0.1, -0.05) is 27.7 Å². The molecule has 1 heterocycles. The molecule has 3 heteroatoms. The van der Waals surface area contributed by atoms with Crippen molar-refractivity contribution < 1.29 is 9.59 Å². The van der Waals surface area contributed by atoms with Crippen molar-refractivity contribution in [1.82, 2.24) is 4.90 Å². The summed E-state index contributed by atoms with van der Waals surface area (Å²) in [6.07, 6.45) is 0.105. The van der Waals surface area contributed by atoms with E-state index in [2.05, 4.69) is 27.7 Å². The van der Waals surface area contributed by atoms with Crippen molar-refractivity contribution in [3.8, 4) is 0 Å². The third-order valence-electron chi connectivity index (χ3n) is 3.23. The summed E-state index contributed by atoms with van der Waals surface area (Å²) >= 11 is 0. The molecule has 0 bridgehead atoms. The quantitative estimate of drug-likeness (QED) is 0.642. The predicted molar refractivity (Wildman–Crippen MR) is 54.8 cm³/mol. The molecule has 1 aliphatic rings. The van der Waals surface area contributed by atoms with E-state index in [-0.39, 0.29) is 23.5 Å². The second-order valence-electron chi connectivity index (χ2n) is 5.11. The van der Waals surface area contributed by atoms with Crippen LogP contribution in [-0.4, -0.2) is 29.7 Å². The molecule has 1 rings (SSSR count). The van der Waals surface area contributed by atoms with E-state index in [1.807, 2.05) is 0 Å². The second-order valence-corrected chi connectivity index (χ2v) is 5.11. The van der Waals surface area contributed by atoms with Gasteiger partial charge in [0.15, 0.2) is 5.78 Å². The molecule has 0 aliphatic carbocycles. The van der Waals surface area contributed by atoms with Crippen molar-refractivity contribution in [2.45, 2.75) is 34.1 Å². The summed E-state index contributed by atoms with van der Waals surface area (Å²) in [4.78, 5) is 24.1. The number of ketones is 1. The van der Waals surface area contributed by atoms with Crippen LogP contribution >= 0.6 is 0 Å². The Labute approximate surface area is 85.5 Å². The molecule has 0 unspecified atom stereocenters. The Morgan fingerprint density at radius 3 is 2.29 bits per heavy atom. The first-order valence-corrected chi connectivity index (χ1v) is 5.12. The zero-order valence-electron chi connectivity index (χ0n) is 9.46. The Morgan fingerprint density at radius 2 is 1.93 bits per heavy atom. The van der Waals surface area contributed by atoms with Gasteiger partial charge in [0.1, 0.15) is 0 Å². The zero-order valence-corrected chi connectivity index (χ0v) is 9.46. The monoisotopic (exact) mass is 197 g/mol. The normalized spacial score (nSPS) is 18.5. The van der Waals surface area contributed by atoms with Crippen LogP contribution in [0.25, 0.3) is 0 Å². The molecule has 0 saturated carbocycles. The number of likely N-dealkylation sites (tertiary alicyclic amines) is 1. The molecule has 0 atom stereocenters. The van der Waals surface area contributed by atoms with E-state index in [1.54, 1.807) is 4.90 Å². The lowest BCUT2D eigenvalue weighted by atomic mass is 9.81. The van der Waals surface area contributed by atoms with Crippen LogP contribution < -0.4 is 0 Å². The van der Waals surface area contributed by atoms with Gasteiger partial charge in [0, 0.05) is 6.54 Å². The fraction of sp³-hybridized carbons (Fsp3) is 0.818. The molecule has 80 valence electrons. The number of Topliss-reactive ketones (excluding diaryl/α,β-unsaturated/α-hetero) is 1. The highest BCUT2D eigenvalue weighted by atomic mass is 16.2. The highest BCUT2D eigenvalue weighted by Crippen LogP contribution is 2.28. The molecule has 0 spiro atoms. The average molecular weight is 197 g/mol. The number of hydrogen-bond acceptors (Lipinski definition) is 2. The fourth-order valence-corrected chi connectivity index (χ4v) is 1.46. The first-order valence-electron chi connectivity index (χ1n) is 5.12. The van der Waals surface area contributed by atoms with Crippen LogP contribution in [0.15, 0.2) is 0 Å². The molecular formula is C11H19NO2. The van der Waals surface area contributed by atoms with Crippen LogP contribution in [0.1, 0.15) is 34.1 Å². The number of hydrogen-bond donors (Lipinski definition) is 0. The Hall–Kier alpha value is -0.860. The van der Waals surface area contributed by atoms with Crippen molar-refractivity contribution in [3.05, 3.63) is 0 Å². The molecule has 3 nitrogen and oxygen atoms in total. The highest BCUT2D eigenvalue weighted by molar-refractivity contribution is 6.05. The van der Waals surface area contributed by atoms with Crippen molar-refractivity contribution in [2.24, 2.45) is 11.3 Å². The van der Waals surface area contributed by atoms with E-state index >= 15 is 0 Å². The van der Waals surface area contributed by atoms with E-state index in [9.17, 15) is 9.59 Å². The maximum atomic E-state index is 11.4. The SMILES string of the molecule is CC(C)C(C)(C)CN1CC(=O)CC1=O. The van der Waals surface area contributed by atoms with Gasteiger partial charge in [0.2, 0.25) is 5.91 Å². The second kappa shape index (κ2) is 3.71. The standard InChI is InChI=1S/C11H19NO2/c1-8(2)11(3,4)7-12-6-9(13)5-10(12)14/h8H,5-7H2,1-4H3. The van der Waals surface area contributed by atoms with Gasteiger partial charge in [-0.05, 0) is 11.3 Å². The van der Waals surface area contributed by atoms with Crippen molar-refractivity contribution in [3.63, 3.8) is 0 Å². The molecule has 1 saturated heterocycles. The summed E-state index contributed by atoms with van der Waals surface area (Å²) in [6, 6.07) is 0. The summed E-state index contributed by atoms with van der Waals surface area (Å²) < 4.78 is 0. The summed E-state index contributed by atoms with van der Waals surface area (Å²) in [5.74, 6) is 0.546. The summed E-state index contributed by atoms with van der Waals surface area (Å²) in [5.41, 5.74) is 0.0836. The minimum Gasteiger partial charge on any atom is -0.334 e. The molecule has 0 aromatic carbocycles. The lowest BCUT2D eigenvalue weighted by Crippen LogP contribution is -2.38. The maximum Gasteiger partial charge on any atom is 0.230 e. The van der Waals surface area contributed by atoms with Gasteiger partial charge >= 0.3 is 0 Å². The van der Waals surface area contributed by atoms with Crippen LogP contribution in [0.3, 0.4) is 0 Å². The number of carbonyl (C=O) groups excluding carboxylic acids is 2. The summed E-state index contributed by atoms with van der Waals surface area (Å²) in [7, 11) is 0. The van der Waals surface area contributed by atoms with Gasteiger partial charge in [-0.3, -0.25) is 9.59 Å². The van der Waals surface area contributed by atoms with Crippen LogP contribution in [-0.2, 0) is 9.59 Å². The van der Waals surface area contributed by atoms with E-state index in [4.69, 9.17) is 0 Å². The van der Waals surface area contributed by atoms with Gasteiger partial charge < -0.3 is 4.90 Å². The molecule has 0 N–H and O–H groups in total. The minimum atomic E-state index is -0.0104. The average Bonchev–Trinajstić information content (AvgIpc) is 2.29. The molecule has 0 aromatic heterocycles. The Bertz CT molecular complexity index is 256. The van der Waals surface area contributed by atoms with Gasteiger partial charge in [-0.2, -0.15) is 0 Å². The number of amides is 1. The Kier molecular flexibility index (Phi) is 2.98. The third-order valence-corrected chi connectivity index (χ3v) is 3.23. The van der Waals surface area contributed by atoms with Gasteiger partial charge in [0.05, 0.1) is 13.0 Å². The molecule has 1 aliphatic heterocycles. The van der Waals surface area contributed by atoms with E-state index in [0.717, 1.165) is 0 Å². The summed E-state index contributed by atoms with van der Waals surface area (Å²) in [6.45, 7) is 9.55. The van der Waals surface area contributed by atoms with Crippen LogP contribution in [0, 0.1) is 11.3 Å². The first kappa shape index (κ1) is 11.2. The number of rotatable bonds is 3. The lowest BCUT2D eigenvalue weighted by Gasteiger charge is -2.33. The zero-order chi connectivity index (χ0) is 10.9. The highest BCUT2D eigenvalue weighted by Gasteiger charge is 2.33. The Balaban J connectivity index is 2.61. The molecule has 0 aromatic rings. The van der Waals surface area contributed by atoms with Crippen LogP contribution in [0.4, 0.5) is 0 Å². The van der Waals surface area contributed by atoms with Gasteiger partial charge in [-0.15, -0.1) is 0 Å². The molecule has 1 fully saturated rings. The molecule has 1 amide bonds. The van der Waals surface area contributed by atoms with Gasteiger partial charge in [-0.25, -0.2) is 0 Å². The van der Waals surface area contributed by atoms with E-state index in [1.165, 1.54) is 0 Å². The first-order chi connectivity index (χ1) is 6.33. The molecule has 0 radical (unpaired) electrons. The van der Waals surface area contributed by atoms with E-state index in [0.29, 0.717) is 19.0 Å². The van der Waals surface area contributed by atoms with Crippen LogP contribution in [0.2, 0.25) is 0 Å². The molecule has 14 heavy (non-hydrogen) atoms. The predicted octanol–water partition coefficient (Wildman–Crippen LogP) is 1.47. The van der Waals surface area contributed by atoms with Gasteiger partial charge in [0.25, 0.3) is 0 Å². The fourth-order valence-electron chi connectivity index (χ4n) is 1.46.